The van der Waals surface area contributed by atoms with Crippen molar-refractivity contribution in [2.75, 3.05) is 13.1 Å². The summed E-state index contributed by atoms with van der Waals surface area (Å²) in [7, 11) is 0. The van der Waals surface area contributed by atoms with Gasteiger partial charge in [0.15, 0.2) is 11.6 Å². The van der Waals surface area contributed by atoms with Crippen LogP contribution in [0.5, 0.6) is 11.6 Å². The van der Waals surface area contributed by atoms with Crippen molar-refractivity contribution in [1.82, 2.24) is 15.3 Å². The van der Waals surface area contributed by atoms with Gasteiger partial charge in [0.2, 0.25) is 5.88 Å². The van der Waals surface area contributed by atoms with Crippen LogP contribution in [-0.4, -0.2) is 23.1 Å². The largest absolute Gasteiger partial charge is 0.435 e. The molecule has 1 aromatic heterocycles. The second kappa shape index (κ2) is 6.75. The van der Waals surface area contributed by atoms with Crippen LogP contribution in [0.3, 0.4) is 0 Å². The molecule has 7 heteroatoms. The van der Waals surface area contributed by atoms with Crippen molar-refractivity contribution in [2.45, 2.75) is 12.3 Å². The predicted octanol–water partition coefficient (Wildman–Crippen LogP) is 4.94. The second-order valence-electron chi connectivity index (χ2n) is 5.92. The number of fused-ring (bicyclic) bond motifs is 1. The molecule has 0 bridgehead atoms. The number of nitrogens with zero attached hydrogens (tertiary/aromatic N) is 2. The number of nitrogens with one attached hydrogen (secondary N) is 1. The van der Waals surface area contributed by atoms with Crippen molar-refractivity contribution >= 4 is 34.1 Å². The molecule has 1 saturated heterocycles. The molecular formula is C18H14Cl2FN3O. The molecule has 0 amide bonds. The van der Waals surface area contributed by atoms with E-state index in [4.69, 9.17) is 27.9 Å². The Labute approximate surface area is 153 Å². The quantitative estimate of drug-likeness (QED) is 0.656. The van der Waals surface area contributed by atoms with Crippen LogP contribution in [-0.2, 0) is 0 Å². The van der Waals surface area contributed by atoms with Gasteiger partial charge >= 0.3 is 0 Å². The molecule has 1 aliphatic heterocycles. The van der Waals surface area contributed by atoms with E-state index in [0.717, 1.165) is 30.4 Å². The lowest BCUT2D eigenvalue weighted by molar-refractivity contribution is 0.432. The van der Waals surface area contributed by atoms with Crippen LogP contribution in [0.2, 0.25) is 10.0 Å². The SMILES string of the molecule is Fc1c(Oc2ncnc3ccc([C@@H]4CCNC4)cc23)ccc(Cl)c1Cl. The summed E-state index contributed by atoms with van der Waals surface area (Å²) >= 11 is 11.7. The fraction of sp³-hybridized carbons (Fsp3) is 0.222. The minimum atomic E-state index is -0.711. The van der Waals surface area contributed by atoms with Crippen LogP contribution in [0, 0.1) is 5.82 Å². The van der Waals surface area contributed by atoms with E-state index in [9.17, 15) is 4.39 Å². The molecule has 128 valence electrons. The number of hydrogen-bond donors (Lipinski definition) is 1. The van der Waals surface area contributed by atoms with Crippen molar-refractivity contribution in [3.63, 3.8) is 0 Å². The zero-order chi connectivity index (χ0) is 17.4. The minimum absolute atomic E-state index is 0.0256. The standard InChI is InChI=1S/C18H14Cl2FN3O/c19-13-2-4-15(17(21)16(13)20)25-18-12-7-10(11-5-6-22-8-11)1-3-14(12)23-9-24-18/h1-4,7,9,11,22H,5-6,8H2/t11-/m1/s1. The highest BCUT2D eigenvalue weighted by molar-refractivity contribution is 6.42. The smallest absolute Gasteiger partial charge is 0.230 e. The van der Waals surface area contributed by atoms with Gasteiger partial charge in [0.25, 0.3) is 0 Å². The maximum atomic E-state index is 14.3. The fourth-order valence-electron chi connectivity index (χ4n) is 3.02. The van der Waals surface area contributed by atoms with Crippen LogP contribution >= 0.6 is 23.2 Å². The molecule has 0 radical (unpaired) electrons. The Bertz CT molecular complexity index is 945. The van der Waals surface area contributed by atoms with Gasteiger partial charge in [-0.2, -0.15) is 0 Å². The van der Waals surface area contributed by atoms with Gasteiger partial charge in [-0.1, -0.05) is 29.3 Å². The topological polar surface area (TPSA) is 47.0 Å². The zero-order valence-corrected chi connectivity index (χ0v) is 14.6. The summed E-state index contributed by atoms with van der Waals surface area (Å²) in [6.45, 7) is 1.95. The maximum Gasteiger partial charge on any atom is 0.230 e. The van der Waals surface area contributed by atoms with Gasteiger partial charge in [-0.05, 0) is 48.7 Å². The third kappa shape index (κ3) is 3.15. The minimum Gasteiger partial charge on any atom is -0.435 e. The third-order valence-corrected chi connectivity index (χ3v) is 5.14. The summed E-state index contributed by atoms with van der Waals surface area (Å²) in [5.41, 5.74) is 1.92. The first kappa shape index (κ1) is 16.5. The van der Waals surface area contributed by atoms with Gasteiger partial charge in [-0.3, -0.25) is 0 Å². The molecule has 1 atom stereocenters. The molecule has 25 heavy (non-hydrogen) atoms. The Morgan fingerprint density at radius 2 is 2.04 bits per heavy atom. The Morgan fingerprint density at radius 1 is 1.16 bits per heavy atom. The lowest BCUT2D eigenvalue weighted by Gasteiger charge is -2.12. The first-order chi connectivity index (χ1) is 12.1. The van der Waals surface area contributed by atoms with Crippen LogP contribution in [0.4, 0.5) is 4.39 Å². The summed E-state index contributed by atoms with van der Waals surface area (Å²) in [4.78, 5) is 8.43. The predicted molar refractivity (Wildman–Crippen MR) is 96.3 cm³/mol. The molecule has 1 fully saturated rings. The van der Waals surface area contributed by atoms with E-state index in [-0.39, 0.29) is 21.7 Å². The van der Waals surface area contributed by atoms with Gasteiger partial charge in [0.05, 0.1) is 20.9 Å². The van der Waals surface area contributed by atoms with Gasteiger partial charge in [0.1, 0.15) is 6.33 Å². The Morgan fingerprint density at radius 3 is 2.84 bits per heavy atom. The summed E-state index contributed by atoms with van der Waals surface area (Å²) in [6, 6.07) is 8.93. The highest BCUT2D eigenvalue weighted by atomic mass is 35.5. The van der Waals surface area contributed by atoms with Crippen LogP contribution in [0.1, 0.15) is 17.9 Å². The third-order valence-electron chi connectivity index (χ3n) is 4.36. The van der Waals surface area contributed by atoms with Crippen molar-refractivity contribution < 1.29 is 9.13 Å². The molecule has 2 heterocycles. The average Bonchev–Trinajstić information content (AvgIpc) is 3.17. The number of hydrogen-bond acceptors (Lipinski definition) is 4. The van der Waals surface area contributed by atoms with E-state index >= 15 is 0 Å². The number of ether oxygens (including phenoxy) is 1. The van der Waals surface area contributed by atoms with Crippen molar-refractivity contribution in [3.05, 3.63) is 58.1 Å². The molecule has 1 N–H and O–H groups in total. The molecule has 3 aromatic rings. The second-order valence-corrected chi connectivity index (χ2v) is 6.71. The molecule has 4 nitrogen and oxygen atoms in total. The summed E-state index contributed by atoms with van der Waals surface area (Å²) in [6.07, 6.45) is 2.47. The van der Waals surface area contributed by atoms with E-state index in [1.54, 1.807) is 0 Å². The molecule has 0 aliphatic carbocycles. The zero-order valence-electron chi connectivity index (χ0n) is 13.1. The first-order valence-corrected chi connectivity index (χ1v) is 8.66. The van der Waals surface area contributed by atoms with E-state index in [2.05, 4.69) is 21.4 Å². The average molecular weight is 378 g/mol. The summed E-state index contributed by atoms with van der Waals surface area (Å²) in [5.74, 6) is -0.00586. The fourth-order valence-corrected chi connectivity index (χ4v) is 3.32. The van der Waals surface area contributed by atoms with Crippen LogP contribution in [0.25, 0.3) is 10.9 Å². The van der Waals surface area contributed by atoms with Crippen molar-refractivity contribution in [2.24, 2.45) is 0 Å². The molecule has 4 rings (SSSR count). The number of halogens is 3. The van der Waals surface area contributed by atoms with Crippen LogP contribution < -0.4 is 10.1 Å². The lowest BCUT2D eigenvalue weighted by Crippen LogP contribution is -2.08. The summed E-state index contributed by atoms with van der Waals surface area (Å²) < 4.78 is 20.0. The van der Waals surface area contributed by atoms with Crippen molar-refractivity contribution in [1.29, 1.82) is 0 Å². The van der Waals surface area contributed by atoms with Gasteiger partial charge in [-0.25, -0.2) is 14.4 Å². The molecule has 1 aliphatic rings. The normalized spacial score (nSPS) is 17.2. The van der Waals surface area contributed by atoms with Gasteiger partial charge in [0, 0.05) is 6.54 Å². The molecule has 0 spiro atoms. The van der Waals surface area contributed by atoms with E-state index in [1.807, 2.05) is 12.1 Å². The monoisotopic (exact) mass is 377 g/mol. The van der Waals surface area contributed by atoms with E-state index in [1.165, 1.54) is 24.0 Å². The maximum absolute atomic E-state index is 14.3. The molecular weight excluding hydrogens is 364 g/mol. The molecule has 0 saturated carbocycles. The molecule has 2 aromatic carbocycles. The van der Waals surface area contributed by atoms with E-state index < -0.39 is 5.82 Å². The Balaban J connectivity index is 1.76. The number of benzene rings is 2. The highest BCUT2D eigenvalue weighted by Crippen LogP contribution is 2.35. The van der Waals surface area contributed by atoms with Gasteiger partial charge < -0.3 is 10.1 Å². The Hall–Kier alpha value is -1.95. The van der Waals surface area contributed by atoms with Gasteiger partial charge in [-0.15, -0.1) is 0 Å². The highest BCUT2D eigenvalue weighted by Gasteiger charge is 2.19. The number of rotatable bonds is 3. The molecule has 0 unspecified atom stereocenters. The summed E-state index contributed by atoms with van der Waals surface area (Å²) in [5, 5.41) is 4.05. The first-order valence-electron chi connectivity index (χ1n) is 7.90. The Kier molecular flexibility index (Phi) is 4.46. The lowest BCUT2D eigenvalue weighted by atomic mass is 9.97. The van der Waals surface area contributed by atoms with E-state index in [0.29, 0.717) is 5.92 Å². The van der Waals surface area contributed by atoms with Crippen LogP contribution in [0.15, 0.2) is 36.7 Å². The number of aromatic nitrogens is 2. The van der Waals surface area contributed by atoms with Crippen molar-refractivity contribution in [3.8, 4) is 11.6 Å².